The van der Waals surface area contributed by atoms with Gasteiger partial charge in [0, 0.05) is 32.7 Å². The van der Waals surface area contributed by atoms with Crippen LogP contribution in [0.25, 0.3) is 0 Å². The molecule has 1 aromatic carbocycles. The van der Waals surface area contributed by atoms with Crippen LogP contribution < -0.4 is 10.6 Å². The molecule has 0 radical (unpaired) electrons. The van der Waals surface area contributed by atoms with Crippen molar-refractivity contribution in [3.63, 3.8) is 0 Å². The molecule has 0 spiro atoms. The normalized spacial score (nSPS) is 16.9. The molecule has 1 saturated heterocycles. The number of halogens is 2. The van der Waals surface area contributed by atoms with Gasteiger partial charge in [0.15, 0.2) is 5.96 Å². The van der Waals surface area contributed by atoms with Gasteiger partial charge in [0.05, 0.1) is 19.3 Å². The lowest BCUT2D eigenvalue weighted by molar-refractivity contribution is 0.0170. The molecule has 1 aliphatic heterocycles. The molecule has 7 heteroatoms. The summed E-state index contributed by atoms with van der Waals surface area (Å²) >= 11 is 0. The number of hydrogen-bond donors (Lipinski definition) is 2. The fraction of sp³-hybridized carbons (Fsp3) is 0.632. The number of nitrogens with one attached hydrogen (secondary N) is 2. The second kappa shape index (κ2) is 12.5. The lowest BCUT2D eigenvalue weighted by Gasteiger charge is -2.35. The summed E-state index contributed by atoms with van der Waals surface area (Å²) in [4.78, 5) is 7.01. The van der Waals surface area contributed by atoms with E-state index in [0.29, 0.717) is 5.92 Å². The first-order chi connectivity index (χ1) is 12.1. The zero-order valence-corrected chi connectivity index (χ0v) is 18.3. The highest BCUT2D eigenvalue weighted by Gasteiger charge is 2.23. The number of benzene rings is 1. The number of rotatable bonds is 7. The van der Waals surface area contributed by atoms with E-state index in [4.69, 9.17) is 4.74 Å². The summed E-state index contributed by atoms with van der Waals surface area (Å²) in [6.07, 6.45) is 0. The number of nitrogens with zero attached hydrogens (tertiary/aromatic N) is 2. The van der Waals surface area contributed by atoms with Gasteiger partial charge in [-0.3, -0.25) is 9.89 Å². The van der Waals surface area contributed by atoms with Crippen LogP contribution in [0.15, 0.2) is 29.3 Å². The Labute approximate surface area is 173 Å². The van der Waals surface area contributed by atoms with Gasteiger partial charge in [-0.15, -0.1) is 24.0 Å². The van der Waals surface area contributed by atoms with Gasteiger partial charge in [0.1, 0.15) is 5.82 Å². The first kappa shape index (κ1) is 23.1. The van der Waals surface area contributed by atoms with E-state index in [1.807, 2.05) is 12.1 Å². The van der Waals surface area contributed by atoms with E-state index in [9.17, 15) is 4.39 Å². The highest BCUT2D eigenvalue weighted by atomic mass is 127. The van der Waals surface area contributed by atoms with E-state index in [-0.39, 0.29) is 35.8 Å². The van der Waals surface area contributed by atoms with Gasteiger partial charge in [-0.2, -0.15) is 0 Å². The third kappa shape index (κ3) is 7.75. The standard InChI is InChI=1S/C19H31FN4O.HI/c1-4-21-19(22-13-15(2)3)23-14-18(24-9-11-25-12-10-24)16-5-7-17(20)8-6-16;/h5-8,15,18H,4,9-14H2,1-3H3,(H2,21,22,23);1H. The molecule has 0 amide bonds. The van der Waals surface area contributed by atoms with Crippen molar-refractivity contribution in [2.45, 2.75) is 26.8 Å². The summed E-state index contributed by atoms with van der Waals surface area (Å²) in [6, 6.07) is 6.96. The number of morpholine rings is 1. The van der Waals surface area contributed by atoms with Crippen LogP contribution in [0.2, 0.25) is 0 Å². The quantitative estimate of drug-likeness (QED) is 0.360. The van der Waals surface area contributed by atoms with E-state index < -0.39 is 0 Å². The molecule has 1 aromatic rings. The van der Waals surface area contributed by atoms with Gasteiger partial charge in [-0.1, -0.05) is 26.0 Å². The SMILES string of the molecule is CCNC(=NCC(C)C)NCC(c1ccc(F)cc1)N1CCOCC1.I. The largest absolute Gasteiger partial charge is 0.379 e. The maximum absolute atomic E-state index is 13.3. The molecule has 0 bridgehead atoms. The van der Waals surface area contributed by atoms with Crippen molar-refractivity contribution >= 4 is 29.9 Å². The first-order valence-corrected chi connectivity index (χ1v) is 9.19. The molecule has 2 rings (SSSR count). The number of hydrogen-bond acceptors (Lipinski definition) is 3. The molecule has 1 heterocycles. The van der Waals surface area contributed by atoms with Gasteiger partial charge in [0.25, 0.3) is 0 Å². The van der Waals surface area contributed by atoms with Crippen LogP contribution in [0.5, 0.6) is 0 Å². The molecule has 5 nitrogen and oxygen atoms in total. The summed E-state index contributed by atoms with van der Waals surface area (Å²) in [5.74, 6) is 1.14. The van der Waals surface area contributed by atoms with Gasteiger partial charge in [0.2, 0.25) is 0 Å². The Bertz CT molecular complexity index is 533. The maximum Gasteiger partial charge on any atom is 0.191 e. The van der Waals surface area contributed by atoms with E-state index in [1.54, 1.807) is 0 Å². The second-order valence-corrected chi connectivity index (χ2v) is 6.71. The third-order valence-corrected chi connectivity index (χ3v) is 4.16. The molecule has 0 saturated carbocycles. The highest BCUT2D eigenvalue weighted by Crippen LogP contribution is 2.21. The average molecular weight is 478 g/mol. The Morgan fingerprint density at radius 1 is 1.19 bits per heavy atom. The number of ether oxygens (including phenoxy) is 1. The zero-order valence-electron chi connectivity index (χ0n) is 16.0. The Kier molecular flexibility index (Phi) is 11.1. The van der Waals surface area contributed by atoms with Gasteiger partial charge >= 0.3 is 0 Å². The minimum Gasteiger partial charge on any atom is -0.379 e. The van der Waals surface area contributed by atoms with Gasteiger partial charge in [-0.05, 0) is 30.5 Å². The molecule has 2 N–H and O–H groups in total. The monoisotopic (exact) mass is 478 g/mol. The minimum atomic E-state index is -0.204. The van der Waals surface area contributed by atoms with Crippen molar-refractivity contribution in [3.05, 3.63) is 35.6 Å². The molecule has 1 atom stereocenters. The van der Waals surface area contributed by atoms with Gasteiger partial charge < -0.3 is 15.4 Å². The minimum absolute atomic E-state index is 0. The van der Waals surface area contributed by atoms with Crippen LogP contribution >= 0.6 is 24.0 Å². The Morgan fingerprint density at radius 3 is 2.42 bits per heavy atom. The molecule has 0 aliphatic carbocycles. The molecular formula is C19H32FIN4O. The highest BCUT2D eigenvalue weighted by molar-refractivity contribution is 14.0. The van der Waals surface area contributed by atoms with Crippen molar-refractivity contribution in [2.75, 3.05) is 45.9 Å². The van der Waals surface area contributed by atoms with Gasteiger partial charge in [-0.25, -0.2) is 4.39 Å². The number of aliphatic imine (C=N–C) groups is 1. The summed E-state index contributed by atoms with van der Waals surface area (Å²) in [5.41, 5.74) is 1.11. The van der Waals surface area contributed by atoms with E-state index in [0.717, 1.165) is 57.5 Å². The number of guanidine groups is 1. The Hall–Kier alpha value is -0.930. The fourth-order valence-corrected chi connectivity index (χ4v) is 2.84. The van der Waals surface area contributed by atoms with E-state index >= 15 is 0 Å². The van der Waals surface area contributed by atoms with Crippen molar-refractivity contribution in [1.29, 1.82) is 0 Å². The molecule has 148 valence electrons. The molecule has 1 unspecified atom stereocenters. The summed E-state index contributed by atoms with van der Waals surface area (Å²) in [7, 11) is 0. The molecule has 26 heavy (non-hydrogen) atoms. The summed E-state index contributed by atoms with van der Waals surface area (Å²) in [5, 5.41) is 6.74. The third-order valence-electron chi connectivity index (χ3n) is 4.16. The van der Waals surface area contributed by atoms with E-state index in [1.165, 1.54) is 12.1 Å². The van der Waals surface area contributed by atoms with Crippen molar-refractivity contribution in [2.24, 2.45) is 10.9 Å². The van der Waals surface area contributed by atoms with Crippen molar-refractivity contribution < 1.29 is 9.13 Å². The van der Waals surface area contributed by atoms with Crippen molar-refractivity contribution in [1.82, 2.24) is 15.5 Å². The Morgan fingerprint density at radius 2 is 1.85 bits per heavy atom. The molecular weight excluding hydrogens is 446 g/mol. The van der Waals surface area contributed by atoms with Crippen LogP contribution in [0.3, 0.4) is 0 Å². The van der Waals surface area contributed by atoms with Crippen LogP contribution in [-0.4, -0.2) is 56.8 Å². The predicted molar refractivity (Wildman–Crippen MR) is 116 cm³/mol. The van der Waals surface area contributed by atoms with Crippen LogP contribution in [-0.2, 0) is 4.74 Å². The van der Waals surface area contributed by atoms with Crippen LogP contribution in [0, 0.1) is 11.7 Å². The lowest BCUT2D eigenvalue weighted by atomic mass is 10.0. The predicted octanol–water partition coefficient (Wildman–Crippen LogP) is 3.03. The fourth-order valence-electron chi connectivity index (χ4n) is 2.84. The van der Waals surface area contributed by atoms with E-state index in [2.05, 4.69) is 41.3 Å². The molecule has 1 aliphatic rings. The zero-order chi connectivity index (χ0) is 18.1. The van der Waals surface area contributed by atoms with Crippen LogP contribution in [0.4, 0.5) is 4.39 Å². The topological polar surface area (TPSA) is 48.9 Å². The smallest absolute Gasteiger partial charge is 0.191 e. The lowest BCUT2D eigenvalue weighted by Crippen LogP contribution is -2.46. The molecule has 1 fully saturated rings. The van der Waals surface area contributed by atoms with Crippen LogP contribution in [0.1, 0.15) is 32.4 Å². The summed E-state index contributed by atoms with van der Waals surface area (Å²) in [6.45, 7) is 11.9. The van der Waals surface area contributed by atoms with Crippen molar-refractivity contribution in [3.8, 4) is 0 Å². The average Bonchev–Trinajstić information content (AvgIpc) is 2.62. The second-order valence-electron chi connectivity index (χ2n) is 6.71. The first-order valence-electron chi connectivity index (χ1n) is 9.19. The Balaban J connectivity index is 0.00000338. The molecule has 0 aromatic heterocycles. The maximum atomic E-state index is 13.3. The summed E-state index contributed by atoms with van der Waals surface area (Å²) < 4.78 is 18.8.